The molecule has 4 rings (SSSR count). The number of furan rings is 1. The highest BCUT2D eigenvalue weighted by molar-refractivity contribution is 7.10. The van der Waals surface area contributed by atoms with Crippen LogP contribution in [0.2, 0.25) is 0 Å². The molecular weight excluding hydrogens is 362 g/mol. The van der Waals surface area contributed by atoms with Gasteiger partial charge in [0, 0.05) is 28.6 Å². The van der Waals surface area contributed by atoms with Crippen molar-refractivity contribution in [2.45, 2.75) is 38.5 Å². The third-order valence-electron chi connectivity index (χ3n) is 5.37. The average Bonchev–Trinajstić information content (AvgIpc) is 3.31. The van der Waals surface area contributed by atoms with Crippen LogP contribution in [-0.4, -0.2) is 24.6 Å². The van der Waals surface area contributed by atoms with Crippen LogP contribution < -0.4 is 0 Å². The maximum Gasteiger partial charge on any atom is 0.336 e. The first-order valence-corrected chi connectivity index (χ1v) is 9.86. The zero-order valence-corrected chi connectivity index (χ0v) is 16.3. The Bertz CT molecular complexity index is 951. The van der Waals surface area contributed by atoms with E-state index in [0.29, 0.717) is 23.5 Å². The maximum absolute atomic E-state index is 13.2. The molecule has 6 heteroatoms. The number of Topliss-reactive ketones (excluding diaryl/α,β-unsaturated/α-hetero) is 1. The first-order chi connectivity index (χ1) is 13.0. The molecule has 140 valence electrons. The molecule has 0 saturated heterocycles. The van der Waals surface area contributed by atoms with Crippen LogP contribution in [0.15, 0.2) is 50.3 Å². The van der Waals surface area contributed by atoms with Crippen LogP contribution in [0.5, 0.6) is 0 Å². The number of esters is 1. The number of nitrogens with zero attached hydrogens (tertiary/aromatic N) is 1. The van der Waals surface area contributed by atoms with Crippen molar-refractivity contribution in [1.29, 1.82) is 0 Å². The van der Waals surface area contributed by atoms with E-state index < -0.39 is 17.8 Å². The van der Waals surface area contributed by atoms with Gasteiger partial charge in [-0.1, -0.05) is 6.07 Å². The minimum atomic E-state index is -0.476. The molecule has 5 nitrogen and oxygen atoms in total. The van der Waals surface area contributed by atoms with Gasteiger partial charge in [0.15, 0.2) is 0 Å². The second-order valence-electron chi connectivity index (χ2n) is 7.08. The molecule has 1 fully saturated rings. The lowest BCUT2D eigenvalue weighted by Crippen LogP contribution is -2.40. The van der Waals surface area contributed by atoms with Gasteiger partial charge in [0.25, 0.3) is 0 Å². The number of thiophene rings is 1. The predicted molar refractivity (Wildman–Crippen MR) is 103 cm³/mol. The number of rotatable bonds is 3. The van der Waals surface area contributed by atoms with Gasteiger partial charge in [0.05, 0.1) is 24.5 Å². The Morgan fingerprint density at radius 1 is 1.22 bits per heavy atom. The Hall–Kier alpha value is -2.47. The van der Waals surface area contributed by atoms with Gasteiger partial charge in [0.1, 0.15) is 17.3 Å². The monoisotopic (exact) mass is 383 g/mol. The van der Waals surface area contributed by atoms with Gasteiger partial charge in [-0.2, -0.15) is 0 Å². The van der Waals surface area contributed by atoms with Crippen LogP contribution in [-0.2, 0) is 14.3 Å². The summed E-state index contributed by atoms with van der Waals surface area (Å²) in [5, 5.41) is 2.03. The van der Waals surface area contributed by atoms with Crippen molar-refractivity contribution in [3.8, 4) is 0 Å². The second-order valence-corrected chi connectivity index (χ2v) is 8.06. The van der Waals surface area contributed by atoms with Gasteiger partial charge in [-0.3, -0.25) is 9.79 Å². The van der Waals surface area contributed by atoms with Crippen LogP contribution >= 0.6 is 11.3 Å². The zero-order chi connectivity index (χ0) is 19.1. The summed E-state index contributed by atoms with van der Waals surface area (Å²) in [6.45, 7) is 3.66. The molecular formula is C21H21NO4S. The Kier molecular flexibility index (Phi) is 4.60. The fraction of sp³-hybridized carbons (Fsp3) is 0.381. The van der Waals surface area contributed by atoms with E-state index in [4.69, 9.17) is 9.15 Å². The molecule has 0 radical (unpaired) electrons. The van der Waals surface area contributed by atoms with Gasteiger partial charge in [-0.15, -0.1) is 11.3 Å². The SMILES string of the molecule is COC(=O)C1=C(C)N=C2C[C@H](c3cccs3)CC(=O)C2[C@@H]1c1ccc(C)o1. The highest BCUT2D eigenvalue weighted by atomic mass is 32.1. The summed E-state index contributed by atoms with van der Waals surface area (Å²) in [6, 6.07) is 7.78. The number of carbonyl (C=O) groups is 2. The normalized spacial score (nSPS) is 25.2. The lowest BCUT2D eigenvalue weighted by atomic mass is 9.68. The molecule has 1 saturated carbocycles. The van der Waals surface area contributed by atoms with E-state index in [1.54, 1.807) is 18.3 Å². The molecule has 27 heavy (non-hydrogen) atoms. The molecule has 0 amide bonds. The molecule has 1 aliphatic heterocycles. The number of methoxy groups -OCH3 is 1. The first kappa shape index (κ1) is 17.9. The number of hydrogen-bond acceptors (Lipinski definition) is 6. The summed E-state index contributed by atoms with van der Waals surface area (Å²) in [4.78, 5) is 31.6. The number of ether oxygens (including phenoxy) is 1. The van der Waals surface area contributed by atoms with Crippen LogP contribution in [0, 0.1) is 12.8 Å². The van der Waals surface area contributed by atoms with Crippen molar-refractivity contribution >= 4 is 28.8 Å². The molecule has 0 N–H and O–H groups in total. The summed E-state index contributed by atoms with van der Waals surface area (Å²) < 4.78 is 10.8. The molecule has 0 spiro atoms. The number of fused-ring (bicyclic) bond motifs is 1. The van der Waals surface area contributed by atoms with E-state index in [9.17, 15) is 9.59 Å². The Morgan fingerprint density at radius 3 is 2.67 bits per heavy atom. The fourth-order valence-electron chi connectivity index (χ4n) is 4.20. The Labute approximate surface area is 161 Å². The standard InChI is InChI=1S/C21H21NO4S/c1-11-6-7-16(26-11)20-18(21(24)25-3)12(2)22-14-9-13(10-15(23)19(14)20)17-5-4-8-27-17/h4-8,13,19-20H,9-10H2,1-3H3/t13-,19?,20+/m0/s1. The first-order valence-electron chi connectivity index (χ1n) is 8.98. The minimum Gasteiger partial charge on any atom is -0.466 e. The number of aliphatic imine (C=N–C) groups is 1. The van der Waals surface area contributed by atoms with E-state index >= 15 is 0 Å². The van der Waals surface area contributed by atoms with E-state index in [0.717, 1.165) is 17.9 Å². The van der Waals surface area contributed by atoms with Crippen LogP contribution in [0.1, 0.15) is 48.0 Å². The van der Waals surface area contributed by atoms with Gasteiger partial charge in [-0.25, -0.2) is 4.79 Å². The highest BCUT2D eigenvalue weighted by Crippen LogP contribution is 2.46. The van der Waals surface area contributed by atoms with Crippen molar-refractivity contribution in [2.24, 2.45) is 10.9 Å². The average molecular weight is 383 g/mol. The minimum absolute atomic E-state index is 0.103. The molecule has 0 aromatic carbocycles. The van der Waals surface area contributed by atoms with Crippen molar-refractivity contribution in [2.75, 3.05) is 7.11 Å². The summed E-state index contributed by atoms with van der Waals surface area (Å²) in [6.07, 6.45) is 1.17. The topological polar surface area (TPSA) is 68.9 Å². The van der Waals surface area contributed by atoms with E-state index in [1.165, 1.54) is 12.0 Å². The number of hydrogen-bond donors (Lipinski definition) is 0. The quantitative estimate of drug-likeness (QED) is 0.737. The predicted octanol–water partition coefficient (Wildman–Crippen LogP) is 4.40. The molecule has 1 unspecified atom stereocenters. The molecule has 0 bridgehead atoms. The van der Waals surface area contributed by atoms with Crippen LogP contribution in [0.3, 0.4) is 0 Å². The van der Waals surface area contributed by atoms with Crippen LogP contribution in [0.4, 0.5) is 0 Å². The lowest BCUT2D eigenvalue weighted by molar-refractivity contribution is -0.136. The van der Waals surface area contributed by atoms with Crippen LogP contribution in [0.25, 0.3) is 0 Å². The van der Waals surface area contributed by atoms with Gasteiger partial charge in [0.2, 0.25) is 0 Å². The summed E-state index contributed by atoms with van der Waals surface area (Å²) in [5.41, 5.74) is 1.86. The number of aryl methyl sites for hydroxylation is 1. The van der Waals surface area contributed by atoms with Crippen molar-refractivity contribution in [3.05, 3.63) is 57.3 Å². The van der Waals surface area contributed by atoms with E-state index in [1.807, 2.05) is 30.5 Å². The van der Waals surface area contributed by atoms with Gasteiger partial charge in [-0.05, 0) is 43.8 Å². The Morgan fingerprint density at radius 2 is 2.04 bits per heavy atom. The van der Waals surface area contributed by atoms with Gasteiger partial charge < -0.3 is 9.15 Å². The maximum atomic E-state index is 13.2. The Balaban J connectivity index is 1.80. The van der Waals surface area contributed by atoms with Gasteiger partial charge >= 0.3 is 5.97 Å². The number of carbonyl (C=O) groups excluding carboxylic acids is 2. The molecule has 3 heterocycles. The van der Waals surface area contributed by atoms with E-state index in [2.05, 4.69) is 11.1 Å². The summed E-state index contributed by atoms with van der Waals surface area (Å²) >= 11 is 1.67. The molecule has 2 aromatic heterocycles. The molecule has 1 aliphatic carbocycles. The van der Waals surface area contributed by atoms with Crippen molar-refractivity contribution < 1.29 is 18.7 Å². The summed E-state index contributed by atoms with van der Waals surface area (Å²) in [5.74, 6) is 0.219. The molecule has 2 aromatic rings. The third kappa shape index (κ3) is 3.08. The number of ketones is 1. The molecule has 2 aliphatic rings. The zero-order valence-electron chi connectivity index (χ0n) is 15.5. The van der Waals surface area contributed by atoms with Crippen molar-refractivity contribution in [1.82, 2.24) is 0 Å². The second kappa shape index (κ2) is 6.93. The third-order valence-corrected chi connectivity index (χ3v) is 6.41. The summed E-state index contributed by atoms with van der Waals surface area (Å²) in [7, 11) is 1.35. The van der Waals surface area contributed by atoms with Crippen molar-refractivity contribution in [3.63, 3.8) is 0 Å². The largest absolute Gasteiger partial charge is 0.466 e. The highest BCUT2D eigenvalue weighted by Gasteiger charge is 2.47. The smallest absolute Gasteiger partial charge is 0.336 e. The van der Waals surface area contributed by atoms with E-state index in [-0.39, 0.29) is 11.7 Å². The lowest BCUT2D eigenvalue weighted by Gasteiger charge is -2.36. The molecule has 3 atom stereocenters. The fourth-order valence-corrected chi connectivity index (χ4v) is 5.04. The number of allylic oxidation sites excluding steroid dienone is 1.